The number of hydrogen-bond donors (Lipinski definition) is 1. The van der Waals surface area contributed by atoms with E-state index in [0.717, 1.165) is 48.3 Å². The Hall–Kier alpha value is -1.55. The fourth-order valence-corrected chi connectivity index (χ4v) is 7.11. The Labute approximate surface area is 245 Å². The van der Waals surface area contributed by atoms with Crippen molar-refractivity contribution in [3.63, 3.8) is 0 Å². The number of carbonyl (C=O) groups is 2. The first-order valence-electron chi connectivity index (χ1n) is 14.7. The summed E-state index contributed by atoms with van der Waals surface area (Å²) in [6.45, 7) is 7.99. The van der Waals surface area contributed by atoms with Gasteiger partial charge in [0.1, 0.15) is 30.8 Å². The molecule has 0 radical (unpaired) electrons. The lowest BCUT2D eigenvalue weighted by molar-refractivity contribution is -0.943. The molecule has 38 heavy (non-hydrogen) atoms. The topological polar surface area (TPSA) is 67.9 Å². The summed E-state index contributed by atoms with van der Waals surface area (Å²) >= 11 is 0. The molecule has 2 amide bonds. The largest absolute Gasteiger partial charge is 1.00 e. The Kier molecular flexibility index (Phi) is 9.54. The van der Waals surface area contributed by atoms with Crippen LogP contribution >= 0.6 is 0 Å². The van der Waals surface area contributed by atoms with Crippen molar-refractivity contribution in [1.82, 2.24) is 10.2 Å². The highest BCUT2D eigenvalue weighted by atomic mass is 127. The van der Waals surface area contributed by atoms with Gasteiger partial charge in [0.15, 0.2) is 11.5 Å². The minimum atomic E-state index is -0.709. The molecule has 1 aromatic carbocycles. The fraction of sp³-hybridized carbons (Fsp3) is 0.733. The van der Waals surface area contributed by atoms with Gasteiger partial charge >= 0.3 is 0 Å². The quantitative estimate of drug-likeness (QED) is 0.364. The number of nitrogens with zero attached hydrogens (tertiary/aromatic N) is 2. The molecule has 1 aliphatic carbocycles. The lowest BCUT2D eigenvalue weighted by Crippen LogP contribution is -3.00. The van der Waals surface area contributed by atoms with Crippen molar-refractivity contribution in [2.75, 3.05) is 39.9 Å². The number of likely N-dealkylation sites (tertiary alicyclic amines) is 1. The monoisotopic (exact) mass is 639 g/mol. The minimum absolute atomic E-state index is 0. The maximum absolute atomic E-state index is 13.9. The van der Waals surface area contributed by atoms with Crippen molar-refractivity contribution >= 4 is 11.8 Å². The third-order valence-corrected chi connectivity index (χ3v) is 9.89. The second-order valence-electron chi connectivity index (χ2n) is 12.1. The number of nitrogens with one attached hydrogen (secondary N) is 1. The number of piperidine rings is 1. The van der Waals surface area contributed by atoms with Gasteiger partial charge in [-0.1, -0.05) is 45.4 Å². The number of ether oxygens (including phenoxy) is 2. The number of amides is 2. The summed E-state index contributed by atoms with van der Waals surface area (Å²) in [5, 5.41) is 3.24. The van der Waals surface area contributed by atoms with Gasteiger partial charge in [0.05, 0.1) is 20.1 Å². The van der Waals surface area contributed by atoms with Crippen LogP contribution in [0.2, 0.25) is 0 Å². The van der Waals surface area contributed by atoms with E-state index in [-0.39, 0.29) is 47.9 Å². The molecule has 212 valence electrons. The number of unbranched alkanes of at least 4 members (excludes halogenated alkanes) is 1. The van der Waals surface area contributed by atoms with Crippen molar-refractivity contribution in [1.29, 1.82) is 0 Å². The molecule has 1 aromatic rings. The van der Waals surface area contributed by atoms with Gasteiger partial charge in [-0.3, -0.25) is 9.59 Å². The molecule has 0 bridgehead atoms. The zero-order chi connectivity index (χ0) is 26.0. The van der Waals surface area contributed by atoms with Crippen molar-refractivity contribution in [3.8, 4) is 11.5 Å². The third-order valence-electron chi connectivity index (χ3n) is 9.89. The first kappa shape index (κ1) is 29.4. The van der Waals surface area contributed by atoms with Crippen LogP contribution in [0.4, 0.5) is 0 Å². The number of rotatable bonds is 7. The maximum atomic E-state index is 13.9. The maximum Gasteiger partial charge on any atom is 0.247 e. The van der Waals surface area contributed by atoms with E-state index in [0.29, 0.717) is 38.5 Å². The molecule has 2 unspecified atom stereocenters. The highest BCUT2D eigenvalue weighted by molar-refractivity contribution is 6.00. The SMILES string of the molecule is CCCCN1C(=O)C(CC2CCCCC2)NC(=O)C12CC[N+](C)(C(C)c1ccc3c(c1)OCCO3)CC2.[I-]. The summed E-state index contributed by atoms with van der Waals surface area (Å²) in [4.78, 5) is 29.7. The van der Waals surface area contributed by atoms with Crippen LogP contribution in [0.15, 0.2) is 18.2 Å². The molecule has 2 atom stereocenters. The lowest BCUT2D eigenvalue weighted by atomic mass is 9.78. The molecule has 0 aromatic heterocycles. The van der Waals surface area contributed by atoms with Gasteiger partial charge in [-0.05, 0) is 43.9 Å². The average molecular weight is 640 g/mol. The molecule has 7 nitrogen and oxygen atoms in total. The number of hydrogen-bond acceptors (Lipinski definition) is 4. The van der Waals surface area contributed by atoms with Gasteiger partial charge in [-0.2, -0.15) is 0 Å². The van der Waals surface area contributed by atoms with Crippen LogP contribution < -0.4 is 38.8 Å². The molecule has 3 fully saturated rings. The van der Waals surface area contributed by atoms with Crippen LogP contribution in [0.1, 0.15) is 89.7 Å². The van der Waals surface area contributed by atoms with E-state index in [1.165, 1.54) is 37.7 Å². The first-order chi connectivity index (χ1) is 17.9. The van der Waals surface area contributed by atoms with E-state index in [2.05, 4.69) is 38.3 Å². The molecule has 3 heterocycles. The van der Waals surface area contributed by atoms with E-state index in [1.807, 2.05) is 11.0 Å². The number of quaternary nitrogens is 1. The van der Waals surface area contributed by atoms with Crippen LogP contribution in [0.5, 0.6) is 11.5 Å². The molecular formula is C30H46IN3O4. The van der Waals surface area contributed by atoms with E-state index in [4.69, 9.17) is 9.47 Å². The van der Waals surface area contributed by atoms with Gasteiger partial charge < -0.3 is 48.2 Å². The second-order valence-corrected chi connectivity index (χ2v) is 12.1. The van der Waals surface area contributed by atoms with Gasteiger partial charge in [0.2, 0.25) is 11.8 Å². The van der Waals surface area contributed by atoms with Gasteiger partial charge in [-0.25, -0.2) is 0 Å². The Balaban J connectivity index is 0.00000336. The standard InChI is InChI=1S/C30H45N3O4.HI/c1-4-5-15-32-28(34)25(20-23-9-7-6-8-10-23)31-29(35)30(32)13-16-33(3,17-14-30)22(2)24-11-12-26-27(21-24)37-19-18-36-26;/h11-12,21-23,25H,4-10,13-20H2,1-3H3;1H. The molecule has 2 saturated heterocycles. The molecule has 8 heteroatoms. The summed E-state index contributed by atoms with van der Waals surface area (Å²) in [7, 11) is 2.29. The van der Waals surface area contributed by atoms with E-state index < -0.39 is 5.54 Å². The normalized spacial score (nSPS) is 30.5. The predicted molar refractivity (Wildman–Crippen MR) is 143 cm³/mol. The summed E-state index contributed by atoms with van der Waals surface area (Å²) in [6, 6.07) is 6.18. The first-order valence-corrected chi connectivity index (χ1v) is 14.7. The van der Waals surface area contributed by atoms with Crippen LogP contribution in [-0.4, -0.2) is 72.7 Å². The van der Waals surface area contributed by atoms with Gasteiger partial charge in [0.25, 0.3) is 0 Å². The number of halogens is 1. The summed E-state index contributed by atoms with van der Waals surface area (Å²) < 4.78 is 12.4. The summed E-state index contributed by atoms with van der Waals surface area (Å²) in [5.74, 6) is 2.44. The average Bonchev–Trinajstić information content (AvgIpc) is 2.93. The number of benzene rings is 1. The van der Waals surface area contributed by atoms with Gasteiger partial charge in [-0.15, -0.1) is 0 Å². The zero-order valence-corrected chi connectivity index (χ0v) is 25.6. The lowest BCUT2D eigenvalue weighted by Gasteiger charge is -2.55. The Morgan fingerprint density at radius 2 is 1.76 bits per heavy atom. The third kappa shape index (κ3) is 5.67. The van der Waals surface area contributed by atoms with Crippen LogP contribution in [0.25, 0.3) is 0 Å². The second kappa shape index (κ2) is 12.3. The van der Waals surface area contributed by atoms with E-state index in [9.17, 15) is 9.59 Å². The molecule has 1 N–H and O–H groups in total. The highest BCUT2D eigenvalue weighted by Gasteiger charge is 2.56. The van der Waals surface area contributed by atoms with Crippen LogP contribution in [-0.2, 0) is 9.59 Å². The molecular weight excluding hydrogens is 593 g/mol. The molecule has 1 spiro atoms. The summed E-state index contributed by atoms with van der Waals surface area (Å²) in [6.07, 6.45) is 10.3. The Morgan fingerprint density at radius 1 is 1.08 bits per heavy atom. The van der Waals surface area contributed by atoms with E-state index >= 15 is 0 Å². The van der Waals surface area contributed by atoms with Crippen molar-refractivity contribution in [3.05, 3.63) is 23.8 Å². The highest BCUT2D eigenvalue weighted by Crippen LogP contribution is 2.42. The minimum Gasteiger partial charge on any atom is -1.00 e. The number of fused-ring (bicyclic) bond motifs is 1. The smallest absolute Gasteiger partial charge is 0.247 e. The predicted octanol–water partition coefficient (Wildman–Crippen LogP) is 1.60. The van der Waals surface area contributed by atoms with Crippen molar-refractivity contribution < 1.29 is 47.5 Å². The van der Waals surface area contributed by atoms with Crippen LogP contribution in [0, 0.1) is 5.92 Å². The number of carbonyl (C=O) groups excluding carboxylic acids is 2. The Morgan fingerprint density at radius 3 is 2.45 bits per heavy atom. The van der Waals surface area contributed by atoms with Crippen LogP contribution in [0.3, 0.4) is 0 Å². The summed E-state index contributed by atoms with van der Waals surface area (Å²) in [5.41, 5.74) is 0.516. The number of piperazine rings is 1. The van der Waals surface area contributed by atoms with Gasteiger partial charge in [0, 0.05) is 24.9 Å². The fourth-order valence-electron chi connectivity index (χ4n) is 7.11. The zero-order valence-electron chi connectivity index (χ0n) is 23.5. The molecule has 1 saturated carbocycles. The molecule has 5 rings (SSSR count). The van der Waals surface area contributed by atoms with Crippen molar-refractivity contribution in [2.45, 2.75) is 95.7 Å². The Bertz CT molecular complexity index is 988. The molecule has 4 aliphatic rings. The van der Waals surface area contributed by atoms with E-state index in [1.54, 1.807) is 0 Å². The van der Waals surface area contributed by atoms with Crippen molar-refractivity contribution in [2.24, 2.45) is 5.92 Å². The molecule has 3 aliphatic heterocycles.